The second-order valence-corrected chi connectivity index (χ2v) is 6.95. The minimum Gasteiger partial charge on any atom is -0.392 e. The van der Waals surface area contributed by atoms with Gasteiger partial charge in [-0.05, 0) is 30.7 Å². The molecule has 0 aliphatic carbocycles. The van der Waals surface area contributed by atoms with Crippen molar-refractivity contribution >= 4 is 39.7 Å². The van der Waals surface area contributed by atoms with Crippen LogP contribution in [0.2, 0.25) is 0 Å². The van der Waals surface area contributed by atoms with Crippen molar-refractivity contribution in [3.63, 3.8) is 0 Å². The number of benzene rings is 2. The predicted octanol–water partition coefficient (Wildman–Crippen LogP) is 3.51. The van der Waals surface area contributed by atoms with E-state index in [4.69, 9.17) is 4.42 Å². The molecule has 0 saturated heterocycles. The van der Waals surface area contributed by atoms with E-state index in [1.165, 1.54) is 7.05 Å². The summed E-state index contributed by atoms with van der Waals surface area (Å²) in [7, 11) is 1.38. The van der Waals surface area contributed by atoms with Gasteiger partial charge in [0.15, 0.2) is 0 Å². The van der Waals surface area contributed by atoms with E-state index in [2.05, 4.69) is 5.32 Å². The second kappa shape index (κ2) is 7.87. The first-order chi connectivity index (χ1) is 14.5. The molecule has 2 aromatic carbocycles. The Balaban J connectivity index is 1.66. The number of aryl methyl sites for hydroxylation is 1. The van der Waals surface area contributed by atoms with Crippen molar-refractivity contribution in [2.24, 2.45) is 7.05 Å². The maximum Gasteiger partial charge on any atom is 0.423 e. The van der Waals surface area contributed by atoms with Crippen molar-refractivity contribution < 1.29 is 9.21 Å². The lowest BCUT2D eigenvalue weighted by molar-refractivity contribution is -0.115. The van der Waals surface area contributed by atoms with Crippen molar-refractivity contribution in [1.29, 1.82) is 0 Å². The molecule has 4 rings (SSSR count). The summed E-state index contributed by atoms with van der Waals surface area (Å²) in [5.41, 5.74) is 2.18. The fourth-order valence-electron chi connectivity index (χ4n) is 3.52. The molecule has 0 saturated carbocycles. The van der Waals surface area contributed by atoms with Gasteiger partial charge >= 0.3 is 5.76 Å². The van der Waals surface area contributed by atoms with E-state index in [1.807, 2.05) is 49.4 Å². The number of carbonyl (C=O) groups excluding carboxylic acids is 1. The molecule has 2 aromatic heterocycles. The molecule has 0 spiro atoms. The van der Waals surface area contributed by atoms with Gasteiger partial charge in [-0.15, -0.1) is 0 Å². The first-order valence-electron chi connectivity index (χ1n) is 9.67. The molecule has 1 amide bonds. The predicted molar refractivity (Wildman–Crippen MR) is 118 cm³/mol. The number of carbonyl (C=O) groups is 1. The van der Waals surface area contributed by atoms with Crippen LogP contribution in [0.15, 0.2) is 68.6 Å². The molecular weight excluding hydrogens is 382 g/mol. The number of hydrogen-bond acceptors (Lipinski definition) is 4. The van der Waals surface area contributed by atoms with Crippen LogP contribution in [-0.4, -0.2) is 15.0 Å². The standard InChI is InChI=1S/C23H21N3O4/c1-3-26-18-13-12-16(24-19(27)11-7-10-15-8-5-4-6-9-15)14-17(18)20-21(28)25(2)23(29)30-22(20)26/h4-10,12-14H,3,11H2,1-2H3,(H,24,27)/b10-7+. The van der Waals surface area contributed by atoms with E-state index in [1.54, 1.807) is 22.8 Å². The van der Waals surface area contributed by atoms with Crippen LogP contribution in [0.1, 0.15) is 18.9 Å². The maximum absolute atomic E-state index is 12.7. The van der Waals surface area contributed by atoms with E-state index >= 15 is 0 Å². The van der Waals surface area contributed by atoms with Gasteiger partial charge in [0.05, 0.1) is 5.52 Å². The molecule has 0 atom stereocenters. The highest BCUT2D eigenvalue weighted by atomic mass is 16.4. The van der Waals surface area contributed by atoms with Gasteiger partial charge in [-0.2, -0.15) is 0 Å². The number of fused-ring (bicyclic) bond motifs is 3. The average molecular weight is 403 g/mol. The van der Waals surface area contributed by atoms with Gasteiger partial charge in [-0.3, -0.25) is 9.59 Å². The smallest absolute Gasteiger partial charge is 0.392 e. The van der Waals surface area contributed by atoms with Gasteiger partial charge in [0, 0.05) is 31.1 Å². The van der Waals surface area contributed by atoms with Crippen LogP contribution in [0.5, 0.6) is 0 Å². The third-order valence-electron chi connectivity index (χ3n) is 5.01. The molecule has 4 aromatic rings. The molecule has 0 fully saturated rings. The summed E-state index contributed by atoms with van der Waals surface area (Å²) in [6.45, 7) is 2.44. The Morgan fingerprint density at radius 1 is 1.13 bits per heavy atom. The van der Waals surface area contributed by atoms with Gasteiger partial charge in [0.2, 0.25) is 11.6 Å². The van der Waals surface area contributed by atoms with E-state index < -0.39 is 11.3 Å². The molecule has 7 heteroatoms. The summed E-state index contributed by atoms with van der Waals surface area (Å²) in [5, 5.41) is 3.82. The highest BCUT2D eigenvalue weighted by Crippen LogP contribution is 2.28. The Labute approximate surface area is 171 Å². The molecule has 0 radical (unpaired) electrons. The number of rotatable bonds is 5. The Morgan fingerprint density at radius 3 is 2.63 bits per heavy atom. The third-order valence-corrected chi connectivity index (χ3v) is 5.01. The summed E-state index contributed by atoms with van der Waals surface area (Å²) in [4.78, 5) is 37.0. The highest BCUT2D eigenvalue weighted by Gasteiger charge is 2.18. The van der Waals surface area contributed by atoms with Crippen molar-refractivity contribution in [2.45, 2.75) is 19.9 Å². The van der Waals surface area contributed by atoms with E-state index in [-0.39, 0.29) is 18.0 Å². The lowest BCUT2D eigenvalue weighted by atomic mass is 10.2. The van der Waals surface area contributed by atoms with Gasteiger partial charge in [0.25, 0.3) is 5.56 Å². The summed E-state index contributed by atoms with van der Waals surface area (Å²) < 4.78 is 8.10. The van der Waals surface area contributed by atoms with Gasteiger partial charge in [-0.25, -0.2) is 9.36 Å². The van der Waals surface area contributed by atoms with Crippen LogP contribution in [0.4, 0.5) is 5.69 Å². The molecule has 0 bridgehead atoms. The summed E-state index contributed by atoms with van der Waals surface area (Å²) >= 11 is 0. The number of anilines is 1. The Hall–Kier alpha value is -3.87. The summed E-state index contributed by atoms with van der Waals surface area (Å²) in [6, 6.07) is 15.1. The quantitative estimate of drug-likeness (QED) is 0.553. The van der Waals surface area contributed by atoms with Crippen LogP contribution in [0, 0.1) is 0 Å². The minimum absolute atomic E-state index is 0.166. The zero-order valence-electron chi connectivity index (χ0n) is 16.7. The lowest BCUT2D eigenvalue weighted by Gasteiger charge is -2.05. The molecule has 30 heavy (non-hydrogen) atoms. The van der Waals surface area contributed by atoms with Crippen molar-refractivity contribution in [3.05, 3.63) is 81.1 Å². The van der Waals surface area contributed by atoms with E-state index in [0.717, 1.165) is 15.6 Å². The molecule has 152 valence electrons. The Morgan fingerprint density at radius 2 is 1.90 bits per heavy atom. The SMILES string of the molecule is CCn1c2ccc(NC(=O)C/C=C/c3ccccc3)cc2c2c(=O)n(C)c(=O)oc21. The summed E-state index contributed by atoms with van der Waals surface area (Å²) in [6.07, 6.45) is 3.92. The summed E-state index contributed by atoms with van der Waals surface area (Å²) in [5.74, 6) is -0.871. The fourth-order valence-corrected chi connectivity index (χ4v) is 3.52. The largest absolute Gasteiger partial charge is 0.423 e. The monoisotopic (exact) mass is 403 g/mol. The zero-order valence-corrected chi connectivity index (χ0v) is 16.7. The zero-order chi connectivity index (χ0) is 21.3. The van der Waals surface area contributed by atoms with Crippen LogP contribution in [-0.2, 0) is 18.4 Å². The van der Waals surface area contributed by atoms with E-state index in [0.29, 0.717) is 23.0 Å². The van der Waals surface area contributed by atoms with Gasteiger partial charge in [0.1, 0.15) is 5.39 Å². The van der Waals surface area contributed by atoms with Gasteiger partial charge < -0.3 is 14.3 Å². The average Bonchev–Trinajstić information content (AvgIpc) is 3.05. The van der Waals surface area contributed by atoms with Crippen molar-refractivity contribution in [2.75, 3.05) is 5.32 Å². The normalized spacial score (nSPS) is 11.5. The maximum atomic E-state index is 12.7. The highest BCUT2D eigenvalue weighted by molar-refractivity contribution is 6.07. The van der Waals surface area contributed by atoms with Crippen LogP contribution in [0.25, 0.3) is 28.1 Å². The molecule has 0 unspecified atom stereocenters. The minimum atomic E-state index is -0.705. The molecule has 2 heterocycles. The first kappa shape index (κ1) is 19.4. The van der Waals surface area contributed by atoms with Crippen molar-refractivity contribution in [1.82, 2.24) is 9.13 Å². The Kier molecular flexibility index (Phi) is 5.10. The number of nitrogens with one attached hydrogen (secondary N) is 1. The molecule has 7 nitrogen and oxygen atoms in total. The Bertz CT molecular complexity index is 1390. The van der Waals surface area contributed by atoms with Crippen molar-refractivity contribution in [3.8, 4) is 0 Å². The van der Waals surface area contributed by atoms with Crippen LogP contribution >= 0.6 is 0 Å². The fraction of sp³-hybridized carbons (Fsp3) is 0.174. The molecule has 0 aliphatic rings. The topological polar surface area (TPSA) is 86.2 Å². The first-order valence-corrected chi connectivity index (χ1v) is 9.67. The van der Waals surface area contributed by atoms with E-state index in [9.17, 15) is 14.4 Å². The number of hydrogen-bond donors (Lipinski definition) is 1. The number of aromatic nitrogens is 2. The molecule has 1 N–H and O–H groups in total. The number of nitrogens with zero attached hydrogens (tertiary/aromatic N) is 2. The van der Waals surface area contributed by atoms with Crippen LogP contribution < -0.4 is 16.6 Å². The van der Waals surface area contributed by atoms with Crippen LogP contribution in [0.3, 0.4) is 0 Å². The second-order valence-electron chi connectivity index (χ2n) is 6.95. The third kappa shape index (κ3) is 3.45. The van der Waals surface area contributed by atoms with Gasteiger partial charge in [-0.1, -0.05) is 42.5 Å². The molecular formula is C23H21N3O4. The molecule has 0 aliphatic heterocycles. The number of amides is 1. The lowest BCUT2D eigenvalue weighted by Crippen LogP contribution is -2.29.